The smallest absolute Gasteiger partial charge is 0.409 e. The van der Waals surface area contributed by atoms with Crippen molar-refractivity contribution in [1.82, 2.24) is 19.6 Å². The fourth-order valence-corrected chi connectivity index (χ4v) is 3.27. The molecular formula is C15H21N5O2. The van der Waals surface area contributed by atoms with Crippen LogP contribution < -0.4 is 0 Å². The molecule has 1 fully saturated rings. The first-order valence-corrected chi connectivity index (χ1v) is 7.84. The second-order valence-corrected chi connectivity index (χ2v) is 5.77. The fraction of sp³-hybridized carbons (Fsp3) is 0.667. The van der Waals surface area contributed by atoms with Crippen molar-refractivity contribution in [2.75, 3.05) is 26.2 Å². The Morgan fingerprint density at radius 1 is 1.50 bits per heavy atom. The first-order chi connectivity index (χ1) is 10.7. The van der Waals surface area contributed by atoms with Crippen molar-refractivity contribution in [2.24, 2.45) is 0 Å². The van der Waals surface area contributed by atoms with Crippen LogP contribution in [0.4, 0.5) is 4.79 Å². The lowest BCUT2D eigenvalue weighted by atomic mass is 10.2. The number of nitriles is 1. The maximum atomic E-state index is 11.8. The molecule has 7 nitrogen and oxygen atoms in total. The summed E-state index contributed by atoms with van der Waals surface area (Å²) in [6.07, 6.45) is 1.77. The zero-order valence-corrected chi connectivity index (χ0v) is 12.9. The van der Waals surface area contributed by atoms with Crippen molar-refractivity contribution < 1.29 is 9.53 Å². The first-order valence-electron chi connectivity index (χ1n) is 7.84. The molecule has 1 saturated heterocycles. The highest BCUT2D eigenvalue weighted by Crippen LogP contribution is 2.22. The number of rotatable bonds is 2. The molecule has 0 N–H and O–H groups in total. The molecular weight excluding hydrogens is 282 g/mol. The fourth-order valence-electron chi connectivity index (χ4n) is 3.27. The Bertz CT molecular complexity index is 591. The number of likely N-dealkylation sites (tertiary alicyclic amines) is 1. The third-order valence-corrected chi connectivity index (χ3v) is 4.36. The van der Waals surface area contributed by atoms with Gasteiger partial charge in [-0.1, -0.05) is 0 Å². The van der Waals surface area contributed by atoms with E-state index in [2.05, 4.69) is 16.1 Å². The molecule has 0 radical (unpaired) electrons. The molecule has 1 atom stereocenters. The van der Waals surface area contributed by atoms with Crippen LogP contribution in [0, 0.1) is 11.3 Å². The number of nitrogens with zero attached hydrogens (tertiary/aromatic N) is 5. The van der Waals surface area contributed by atoms with Crippen LogP contribution in [0.5, 0.6) is 0 Å². The average Bonchev–Trinajstić information content (AvgIpc) is 3.10. The molecule has 0 saturated carbocycles. The van der Waals surface area contributed by atoms with Crippen LogP contribution in [-0.2, 0) is 17.8 Å². The highest BCUT2D eigenvalue weighted by Gasteiger charge is 2.32. The Balaban J connectivity index is 1.66. The lowest BCUT2D eigenvalue weighted by Crippen LogP contribution is -2.38. The lowest BCUT2D eigenvalue weighted by molar-refractivity contribution is 0.110. The van der Waals surface area contributed by atoms with Crippen LogP contribution in [0.2, 0.25) is 0 Å². The van der Waals surface area contributed by atoms with Crippen LogP contribution in [0.25, 0.3) is 0 Å². The summed E-state index contributed by atoms with van der Waals surface area (Å²) in [4.78, 5) is 16.0. The predicted octanol–water partition coefficient (Wildman–Crippen LogP) is 1.19. The van der Waals surface area contributed by atoms with Gasteiger partial charge in [0.05, 0.1) is 12.3 Å². The number of ether oxygens (including phenoxy) is 1. The lowest BCUT2D eigenvalue weighted by Gasteiger charge is -2.26. The molecule has 0 aromatic carbocycles. The van der Waals surface area contributed by atoms with Crippen molar-refractivity contribution in [3.05, 3.63) is 17.5 Å². The second kappa shape index (κ2) is 6.36. The SMILES string of the molecule is CCOC(=O)N1CC[C@@H](N2CCCn3nc(C#N)cc3C2)C1. The summed E-state index contributed by atoms with van der Waals surface area (Å²) in [5.41, 5.74) is 1.57. The number of hydrogen-bond donors (Lipinski definition) is 0. The summed E-state index contributed by atoms with van der Waals surface area (Å²) in [6, 6.07) is 4.33. The van der Waals surface area contributed by atoms with Crippen LogP contribution in [0.3, 0.4) is 0 Å². The van der Waals surface area contributed by atoms with Gasteiger partial charge in [0.2, 0.25) is 0 Å². The van der Waals surface area contributed by atoms with E-state index in [0.29, 0.717) is 18.3 Å². The zero-order valence-electron chi connectivity index (χ0n) is 12.9. The molecule has 118 valence electrons. The van der Waals surface area contributed by atoms with Gasteiger partial charge < -0.3 is 9.64 Å². The average molecular weight is 303 g/mol. The van der Waals surface area contributed by atoms with Crippen molar-refractivity contribution in [1.29, 1.82) is 5.26 Å². The summed E-state index contributed by atoms with van der Waals surface area (Å²) in [5.74, 6) is 0. The number of fused-ring (bicyclic) bond motifs is 1. The standard InChI is InChI=1S/C15H21N5O2/c1-2-22-15(21)19-7-4-13(10-19)18-5-3-6-20-14(11-18)8-12(9-16)17-20/h8,13H,2-7,10-11H2,1H3/t13-/m1/s1. The minimum Gasteiger partial charge on any atom is -0.450 e. The van der Waals surface area contributed by atoms with E-state index in [1.165, 1.54) is 0 Å². The Morgan fingerprint density at radius 2 is 2.36 bits per heavy atom. The quantitative estimate of drug-likeness (QED) is 0.820. The van der Waals surface area contributed by atoms with Gasteiger partial charge in [-0.2, -0.15) is 10.4 Å². The van der Waals surface area contributed by atoms with Crippen LogP contribution in [0.1, 0.15) is 31.2 Å². The maximum Gasteiger partial charge on any atom is 0.409 e. The number of aromatic nitrogens is 2. The Labute approximate surface area is 130 Å². The summed E-state index contributed by atoms with van der Waals surface area (Å²) in [7, 11) is 0. The van der Waals surface area contributed by atoms with Crippen molar-refractivity contribution in [3.63, 3.8) is 0 Å². The highest BCUT2D eigenvalue weighted by molar-refractivity contribution is 5.68. The Hall–Kier alpha value is -2.07. The van der Waals surface area contributed by atoms with Gasteiger partial charge in [-0.3, -0.25) is 9.58 Å². The van der Waals surface area contributed by atoms with Crippen molar-refractivity contribution >= 4 is 6.09 Å². The third kappa shape index (κ3) is 2.92. The molecule has 0 aliphatic carbocycles. The molecule has 1 amide bonds. The van der Waals surface area contributed by atoms with E-state index >= 15 is 0 Å². The first kappa shape index (κ1) is 14.9. The van der Waals surface area contributed by atoms with E-state index in [1.807, 2.05) is 17.7 Å². The zero-order chi connectivity index (χ0) is 15.5. The van der Waals surface area contributed by atoms with Crippen LogP contribution >= 0.6 is 0 Å². The Kier molecular flexibility index (Phi) is 4.29. The largest absolute Gasteiger partial charge is 0.450 e. The van der Waals surface area contributed by atoms with Gasteiger partial charge >= 0.3 is 6.09 Å². The van der Waals surface area contributed by atoms with E-state index in [9.17, 15) is 4.79 Å². The van der Waals surface area contributed by atoms with Gasteiger partial charge in [0.25, 0.3) is 0 Å². The minimum atomic E-state index is -0.211. The molecule has 0 unspecified atom stereocenters. The molecule has 3 rings (SSSR count). The van der Waals surface area contributed by atoms with E-state index in [1.54, 1.807) is 4.90 Å². The summed E-state index contributed by atoms with van der Waals surface area (Å²) in [5, 5.41) is 13.3. The van der Waals surface area contributed by atoms with E-state index in [0.717, 1.165) is 51.3 Å². The molecule has 1 aromatic rings. The van der Waals surface area contributed by atoms with Gasteiger partial charge in [0.1, 0.15) is 6.07 Å². The van der Waals surface area contributed by atoms with Gasteiger partial charge in [0.15, 0.2) is 5.69 Å². The third-order valence-electron chi connectivity index (χ3n) is 4.36. The van der Waals surface area contributed by atoms with Gasteiger partial charge in [0, 0.05) is 38.8 Å². The molecule has 22 heavy (non-hydrogen) atoms. The van der Waals surface area contributed by atoms with Gasteiger partial charge in [-0.15, -0.1) is 0 Å². The number of aryl methyl sites for hydroxylation is 1. The van der Waals surface area contributed by atoms with Gasteiger partial charge in [-0.05, 0) is 25.8 Å². The highest BCUT2D eigenvalue weighted by atomic mass is 16.6. The predicted molar refractivity (Wildman–Crippen MR) is 79.0 cm³/mol. The monoisotopic (exact) mass is 303 g/mol. The molecule has 0 bridgehead atoms. The number of amides is 1. The van der Waals surface area contributed by atoms with Crippen molar-refractivity contribution in [3.8, 4) is 6.07 Å². The summed E-state index contributed by atoms with van der Waals surface area (Å²) < 4.78 is 7.02. The number of hydrogen-bond acceptors (Lipinski definition) is 5. The van der Waals surface area contributed by atoms with Gasteiger partial charge in [-0.25, -0.2) is 4.79 Å². The molecule has 7 heteroatoms. The normalized spacial score (nSPS) is 22.0. The van der Waals surface area contributed by atoms with Crippen molar-refractivity contribution in [2.45, 2.75) is 38.9 Å². The molecule has 0 spiro atoms. The van der Waals surface area contributed by atoms with E-state index < -0.39 is 0 Å². The number of carbonyl (C=O) groups excluding carboxylic acids is 1. The van der Waals surface area contributed by atoms with Crippen LogP contribution in [0.15, 0.2) is 6.07 Å². The van der Waals surface area contributed by atoms with E-state index in [4.69, 9.17) is 10.00 Å². The van der Waals surface area contributed by atoms with Crippen LogP contribution in [-0.4, -0.2) is 58.0 Å². The van der Waals surface area contributed by atoms with E-state index in [-0.39, 0.29) is 6.09 Å². The summed E-state index contributed by atoms with van der Waals surface area (Å²) in [6.45, 7) is 6.35. The molecule has 1 aromatic heterocycles. The second-order valence-electron chi connectivity index (χ2n) is 5.77. The molecule has 2 aliphatic heterocycles. The summed E-state index contributed by atoms with van der Waals surface area (Å²) >= 11 is 0. The molecule has 3 heterocycles. The molecule has 2 aliphatic rings. The maximum absolute atomic E-state index is 11.8. The topological polar surface area (TPSA) is 74.4 Å². The number of carbonyl (C=O) groups is 1. The Morgan fingerprint density at radius 3 is 3.14 bits per heavy atom. The minimum absolute atomic E-state index is 0.211.